The molecule has 1 amide bonds. The van der Waals surface area contributed by atoms with Gasteiger partial charge in [-0.25, -0.2) is 0 Å². The Morgan fingerprint density at radius 3 is 2.70 bits per heavy atom. The lowest BCUT2D eigenvalue weighted by molar-refractivity contribution is -0.384. The topological polar surface area (TPSA) is 95.7 Å². The van der Waals surface area contributed by atoms with E-state index in [2.05, 4.69) is 5.32 Å². The molecule has 0 heterocycles. The molecule has 2 N–H and O–H groups in total. The predicted octanol–water partition coefficient (Wildman–Crippen LogP) is 1.48. The van der Waals surface area contributed by atoms with E-state index in [4.69, 9.17) is 5.11 Å². The molecule has 7 nitrogen and oxygen atoms in total. The molecule has 0 saturated heterocycles. The molecule has 1 aromatic rings. The van der Waals surface area contributed by atoms with Crippen LogP contribution in [0.2, 0.25) is 0 Å². The lowest BCUT2D eigenvalue weighted by Gasteiger charge is -2.20. The van der Waals surface area contributed by atoms with Gasteiger partial charge in [-0.1, -0.05) is 0 Å². The molecular weight excluding hydrogens is 262 g/mol. The number of amides is 1. The van der Waals surface area contributed by atoms with Crippen molar-refractivity contribution in [1.29, 1.82) is 0 Å². The van der Waals surface area contributed by atoms with Gasteiger partial charge < -0.3 is 15.3 Å². The van der Waals surface area contributed by atoms with Gasteiger partial charge in [-0.2, -0.15) is 0 Å². The van der Waals surface area contributed by atoms with Gasteiger partial charge in [-0.3, -0.25) is 14.9 Å². The van der Waals surface area contributed by atoms with Crippen molar-refractivity contribution in [2.45, 2.75) is 13.3 Å². The van der Waals surface area contributed by atoms with E-state index in [-0.39, 0.29) is 23.8 Å². The van der Waals surface area contributed by atoms with Crippen LogP contribution in [-0.4, -0.2) is 47.6 Å². The van der Waals surface area contributed by atoms with E-state index in [9.17, 15) is 14.9 Å². The molecule has 110 valence electrons. The number of rotatable bonds is 7. The number of nitro benzene ring substituents is 1. The summed E-state index contributed by atoms with van der Waals surface area (Å²) in [6, 6.07) is 4.35. The number of aliphatic hydroxyl groups excluding tert-OH is 1. The molecule has 0 spiro atoms. The van der Waals surface area contributed by atoms with Crippen LogP contribution < -0.4 is 5.32 Å². The molecule has 0 bridgehead atoms. The van der Waals surface area contributed by atoms with Gasteiger partial charge in [0.1, 0.15) is 5.69 Å². The molecule has 1 aromatic carbocycles. The highest BCUT2D eigenvalue weighted by atomic mass is 16.6. The van der Waals surface area contributed by atoms with E-state index in [1.807, 2.05) is 6.92 Å². The fourth-order valence-corrected chi connectivity index (χ4v) is 1.87. The Morgan fingerprint density at radius 1 is 1.50 bits per heavy atom. The van der Waals surface area contributed by atoms with E-state index >= 15 is 0 Å². The summed E-state index contributed by atoms with van der Waals surface area (Å²) in [7, 11) is 1.59. The van der Waals surface area contributed by atoms with Crippen molar-refractivity contribution < 1.29 is 14.8 Å². The quantitative estimate of drug-likeness (QED) is 0.583. The third kappa shape index (κ3) is 3.67. The number of nitrogens with one attached hydrogen (secondary N) is 1. The first-order valence-corrected chi connectivity index (χ1v) is 6.41. The Hall–Kier alpha value is -2.15. The second kappa shape index (κ2) is 7.44. The second-order valence-electron chi connectivity index (χ2n) is 4.20. The van der Waals surface area contributed by atoms with E-state index in [0.29, 0.717) is 25.2 Å². The molecule has 0 aliphatic heterocycles. The minimum atomic E-state index is -0.521. The molecule has 0 aliphatic rings. The number of nitrogens with zero attached hydrogens (tertiary/aromatic N) is 2. The molecule has 7 heteroatoms. The third-order valence-electron chi connectivity index (χ3n) is 2.97. The van der Waals surface area contributed by atoms with Crippen LogP contribution in [-0.2, 0) is 0 Å². The van der Waals surface area contributed by atoms with Crippen molar-refractivity contribution in [3.05, 3.63) is 33.9 Å². The SMILES string of the molecule is CCN(CCCO)C(=O)c1ccc(NC)c([N+](=O)[O-])c1. The van der Waals surface area contributed by atoms with Crippen molar-refractivity contribution in [2.75, 3.05) is 32.1 Å². The summed E-state index contributed by atoms with van der Waals surface area (Å²) in [5, 5.41) is 22.5. The van der Waals surface area contributed by atoms with Gasteiger partial charge in [-0.05, 0) is 25.5 Å². The fraction of sp³-hybridized carbons (Fsp3) is 0.462. The van der Waals surface area contributed by atoms with Crippen molar-refractivity contribution in [1.82, 2.24) is 4.90 Å². The van der Waals surface area contributed by atoms with Gasteiger partial charge in [0.2, 0.25) is 0 Å². The molecule has 0 atom stereocenters. The van der Waals surface area contributed by atoms with Crippen LogP contribution in [0, 0.1) is 10.1 Å². The highest BCUT2D eigenvalue weighted by Crippen LogP contribution is 2.25. The van der Waals surface area contributed by atoms with Crippen LogP contribution >= 0.6 is 0 Å². The summed E-state index contributed by atoms with van der Waals surface area (Å²) < 4.78 is 0. The lowest BCUT2D eigenvalue weighted by Crippen LogP contribution is -2.32. The molecule has 0 aromatic heterocycles. The summed E-state index contributed by atoms with van der Waals surface area (Å²) in [4.78, 5) is 24.3. The minimum Gasteiger partial charge on any atom is -0.396 e. The van der Waals surface area contributed by atoms with Crippen LogP contribution in [0.15, 0.2) is 18.2 Å². The summed E-state index contributed by atoms with van der Waals surface area (Å²) in [5.41, 5.74) is 0.511. The molecule has 0 radical (unpaired) electrons. The third-order valence-corrected chi connectivity index (χ3v) is 2.97. The largest absolute Gasteiger partial charge is 0.396 e. The number of nitro groups is 1. The molecule has 1 rings (SSSR count). The first-order valence-electron chi connectivity index (χ1n) is 6.41. The summed E-state index contributed by atoms with van der Waals surface area (Å²) in [6.07, 6.45) is 0.482. The van der Waals surface area contributed by atoms with Crippen LogP contribution in [0.3, 0.4) is 0 Å². The maximum absolute atomic E-state index is 12.3. The minimum absolute atomic E-state index is 0.00260. The normalized spacial score (nSPS) is 10.2. The molecule has 0 aliphatic carbocycles. The van der Waals surface area contributed by atoms with Gasteiger partial charge in [0.25, 0.3) is 11.6 Å². The number of benzene rings is 1. The standard InChI is InChI=1S/C13H19N3O4/c1-3-15(7-4-8-17)13(18)10-5-6-11(14-2)12(9-10)16(19)20/h5-6,9,14,17H,3-4,7-8H2,1-2H3. The Morgan fingerprint density at radius 2 is 2.20 bits per heavy atom. The van der Waals surface area contributed by atoms with Crippen LogP contribution in [0.1, 0.15) is 23.7 Å². The molecule has 0 saturated carbocycles. The van der Waals surface area contributed by atoms with Crippen LogP contribution in [0.5, 0.6) is 0 Å². The zero-order valence-corrected chi connectivity index (χ0v) is 11.6. The van der Waals surface area contributed by atoms with Crippen molar-refractivity contribution >= 4 is 17.3 Å². The van der Waals surface area contributed by atoms with Crippen molar-refractivity contribution in [3.63, 3.8) is 0 Å². The van der Waals surface area contributed by atoms with Crippen LogP contribution in [0.4, 0.5) is 11.4 Å². The fourth-order valence-electron chi connectivity index (χ4n) is 1.87. The average molecular weight is 281 g/mol. The van der Waals surface area contributed by atoms with Crippen molar-refractivity contribution in [2.24, 2.45) is 0 Å². The van der Waals surface area contributed by atoms with E-state index in [0.717, 1.165) is 0 Å². The Bertz CT molecular complexity index is 491. The van der Waals surface area contributed by atoms with E-state index < -0.39 is 4.92 Å². The number of carbonyl (C=O) groups is 1. The molecule has 20 heavy (non-hydrogen) atoms. The van der Waals surface area contributed by atoms with Gasteiger partial charge in [0.05, 0.1) is 4.92 Å². The highest BCUT2D eigenvalue weighted by Gasteiger charge is 2.19. The number of anilines is 1. The maximum atomic E-state index is 12.3. The molecular formula is C13H19N3O4. The first kappa shape index (κ1) is 15.9. The van der Waals surface area contributed by atoms with Gasteiger partial charge in [-0.15, -0.1) is 0 Å². The molecule has 0 fully saturated rings. The Labute approximate surface area is 117 Å². The maximum Gasteiger partial charge on any atom is 0.293 e. The van der Waals surface area contributed by atoms with E-state index in [1.165, 1.54) is 12.1 Å². The van der Waals surface area contributed by atoms with Crippen molar-refractivity contribution in [3.8, 4) is 0 Å². The smallest absolute Gasteiger partial charge is 0.293 e. The lowest BCUT2D eigenvalue weighted by atomic mass is 10.1. The average Bonchev–Trinajstić information content (AvgIpc) is 2.46. The number of hydrogen-bond acceptors (Lipinski definition) is 5. The monoisotopic (exact) mass is 281 g/mol. The van der Waals surface area contributed by atoms with Gasteiger partial charge in [0, 0.05) is 38.4 Å². The number of hydrogen-bond donors (Lipinski definition) is 2. The molecule has 0 unspecified atom stereocenters. The van der Waals surface area contributed by atoms with Crippen LogP contribution in [0.25, 0.3) is 0 Å². The second-order valence-corrected chi connectivity index (χ2v) is 4.20. The Kier molecular flexibility index (Phi) is 5.92. The first-order chi connectivity index (χ1) is 9.54. The van der Waals surface area contributed by atoms with Gasteiger partial charge in [0.15, 0.2) is 0 Å². The zero-order valence-electron chi connectivity index (χ0n) is 11.6. The Balaban J connectivity index is 3.03. The predicted molar refractivity (Wildman–Crippen MR) is 75.9 cm³/mol. The number of carbonyl (C=O) groups excluding carboxylic acids is 1. The summed E-state index contributed by atoms with van der Waals surface area (Å²) >= 11 is 0. The van der Waals surface area contributed by atoms with E-state index in [1.54, 1.807) is 18.0 Å². The summed E-state index contributed by atoms with van der Waals surface area (Å²) in [5.74, 6) is -0.272. The zero-order chi connectivity index (χ0) is 15.1. The summed E-state index contributed by atoms with van der Waals surface area (Å²) in [6.45, 7) is 2.74. The number of aliphatic hydroxyl groups is 1. The highest BCUT2D eigenvalue weighted by molar-refractivity contribution is 5.95. The van der Waals surface area contributed by atoms with Gasteiger partial charge >= 0.3 is 0 Å².